The average molecular weight is 294 g/mol. The van der Waals surface area contributed by atoms with Crippen molar-refractivity contribution in [1.82, 2.24) is 0 Å². The summed E-state index contributed by atoms with van der Waals surface area (Å²) in [6, 6.07) is 8.50. The number of ketones is 3. The van der Waals surface area contributed by atoms with Crippen molar-refractivity contribution in [3.05, 3.63) is 53.1 Å². The van der Waals surface area contributed by atoms with Gasteiger partial charge >= 0.3 is 0 Å². The molecule has 0 heterocycles. The first-order chi connectivity index (χ1) is 10.3. The molecule has 0 amide bonds. The van der Waals surface area contributed by atoms with E-state index in [9.17, 15) is 19.5 Å². The second-order valence-electron chi connectivity index (χ2n) is 5.88. The first kappa shape index (κ1) is 14.4. The van der Waals surface area contributed by atoms with Crippen LogP contribution >= 0.6 is 0 Å². The molecule has 0 aliphatic heterocycles. The summed E-state index contributed by atoms with van der Waals surface area (Å²) in [6.07, 6.45) is 2.85. The van der Waals surface area contributed by atoms with Gasteiger partial charge in [0.15, 0.2) is 5.78 Å². The monoisotopic (exact) mass is 294 g/mol. The van der Waals surface area contributed by atoms with E-state index in [2.05, 4.69) is 0 Å². The summed E-state index contributed by atoms with van der Waals surface area (Å²) >= 11 is 0. The molecule has 0 aromatic heterocycles. The van der Waals surface area contributed by atoms with Gasteiger partial charge in [0.25, 0.3) is 0 Å². The lowest BCUT2D eigenvalue weighted by molar-refractivity contribution is -0.110. The summed E-state index contributed by atoms with van der Waals surface area (Å²) in [5, 5.41) is 11.2. The van der Waals surface area contributed by atoms with E-state index in [1.807, 2.05) is 6.07 Å². The van der Waals surface area contributed by atoms with Gasteiger partial charge in [-0.15, -0.1) is 0 Å². The van der Waals surface area contributed by atoms with E-state index in [0.29, 0.717) is 22.1 Å². The minimum Gasteiger partial charge on any atom is -0.382 e. The van der Waals surface area contributed by atoms with Crippen molar-refractivity contribution in [2.75, 3.05) is 0 Å². The zero-order valence-corrected chi connectivity index (χ0v) is 12.2. The van der Waals surface area contributed by atoms with E-state index in [0.717, 1.165) is 5.39 Å². The first-order valence-electron chi connectivity index (χ1n) is 6.90. The Balaban J connectivity index is 2.28. The molecule has 3 rings (SSSR count). The SMILES string of the molecule is CC(C)(O)C(=O)c1ccc2ccc3c(c2c1)C(=O)C(=O)C=C3. The van der Waals surface area contributed by atoms with Crippen LogP contribution in [0.5, 0.6) is 0 Å². The Labute approximate surface area is 127 Å². The normalized spacial score (nSPS) is 14.3. The molecule has 2 aromatic rings. The van der Waals surface area contributed by atoms with Gasteiger partial charge in [-0.1, -0.05) is 30.3 Å². The van der Waals surface area contributed by atoms with Crippen LogP contribution in [0.2, 0.25) is 0 Å². The number of fused-ring (bicyclic) bond motifs is 3. The largest absolute Gasteiger partial charge is 0.382 e. The lowest BCUT2D eigenvalue weighted by Gasteiger charge is -2.17. The van der Waals surface area contributed by atoms with E-state index < -0.39 is 23.0 Å². The molecule has 0 fully saturated rings. The number of hydrogen-bond acceptors (Lipinski definition) is 4. The number of rotatable bonds is 2. The maximum absolute atomic E-state index is 12.2. The Bertz CT molecular complexity index is 867. The molecule has 0 saturated heterocycles. The second kappa shape index (κ2) is 4.71. The fourth-order valence-corrected chi connectivity index (χ4v) is 2.59. The molecule has 1 N–H and O–H groups in total. The third-order valence-corrected chi connectivity index (χ3v) is 3.74. The highest BCUT2D eigenvalue weighted by atomic mass is 16.3. The molecule has 110 valence electrons. The fourth-order valence-electron chi connectivity index (χ4n) is 2.59. The molecule has 0 saturated carbocycles. The first-order valence-corrected chi connectivity index (χ1v) is 6.90. The lowest BCUT2D eigenvalue weighted by Crippen LogP contribution is -2.31. The van der Waals surface area contributed by atoms with Gasteiger partial charge in [0.2, 0.25) is 11.6 Å². The van der Waals surface area contributed by atoms with Crippen molar-refractivity contribution < 1.29 is 19.5 Å². The fraction of sp³-hybridized carbons (Fsp3) is 0.167. The zero-order valence-electron chi connectivity index (χ0n) is 12.2. The van der Waals surface area contributed by atoms with Gasteiger partial charge in [0.1, 0.15) is 5.60 Å². The van der Waals surface area contributed by atoms with Crippen LogP contribution in [0, 0.1) is 0 Å². The lowest BCUT2D eigenvalue weighted by atomic mass is 9.88. The summed E-state index contributed by atoms with van der Waals surface area (Å²) in [7, 11) is 0. The highest BCUT2D eigenvalue weighted by Crippen LogP contribution is 2.28. The van der Waals surface area contributed by atoms with Crippen LogP contribution in [0.25, 0.3) is 16.8 Å². The maximum Gasteiger partial charge on any atom is 0.234 e. The Morgan fingerprint density at radius 1 is 1.05 bits per heavy atom. The number of benzene rings is 2. The minimum absolute atomic E-state index is 0.309. The van der Waals surface area contributed by atoms with Gasteiger partial charge in [-0.25, -0.2) is 0 Å². The van der Waals surface area contributed by atoms with Crippen molar-refractivity contribution >= 4 is 34.2 Å². The molecule has 4 heteroatoms. The highest BCUT2D eigenvalue weighted by molar-refractivity contribution is 6.51. The Kier molecular flexibility index (Phi) is 3.07. The molecule has 22 heavy (non-hydrogen) atoms. The zero-order chi connectivity index (χ0) is 16.1. The van der Waals surface area contributed by atoms with Crippen LogP contribution in [-0.4, -0.2) is 28.1 Å². The highest BCUT2D eigenvalue weighted by Gasteiger charge is 2.27. The van der Waals surface area contributed by atoms with Crippen LogP contribution in [0.3, 0.4) is 0 Å². The molecule has 0 bridgehead atoms. The quantitative estimate of drug-likeness (QED) is 0.682. The van der Waals surface area contributed by atoms with Gasteiger partial charge < -0.3 is 5.11 Å². The summed E-state index contributed by atoms with van der Waals surface area (Å²) in [4.78, 5) is 36.0. The number of aliphatic hydroxyl groups is 1. The van der Waals surface area contributed by atoms with Crippen molar-refractivity contribution in [2.24, 2.45) is 0 Å². The number of hydrogen-bond donors (Lipinski definition) is 1. The molecule has 0 atom stereocenters. The molecular formula is C18H14O4. The predicted octanol–water partition coefficient (Wildman–Crippen LogP) is 2.57. The number of Topliss-reactive ketones (excluding diaryl/α,β-unsaturated/α-hetero) is 2. The molecule has 0 spiro atoms. The smallest absolute Gasteiger partial charge is 0.234 e. The Morgan fingerprint density at radius 2 is 1.73 bits per heavy atom. The van der Waals surface area contributed by atoms with Gasteiger partial charge in [-0.2, -0.15) is 0 Å². The van der Waals surface area contributed by atoms with Crippen LogP contribution in [0.1, 0.15) is 40.1 Å². The topological polar surface area (TPSA) is 71.4 Å². The van der Waals surface area contributed by atoms with Crippen LogP contribution < -0.4 is 0 Å². The maximum atomic E-state index is 12.2. The van der Waals surface area contributed by atoms with E-state index in [4.69, 9.17) is 0 Å². The van der Waals surface area contributed by atoms with Gasteiger partial charge in [0, 0.05) is 11.1 Å². The third kappa shape index (κ3) is 2.18. The van der Waals surface area contributed by atoms with Gasteiger partial charge in [0.05, 0.1) is 0 Å². The number of carbonyl (C=O) groups is 3. The van der Waals surface area contributed by atoms with Crippen LogP contribution in [0.4, 0.5) is 0 Å². The number of carbonyl (C=O) groups excluding carboxylic acids is 3. The summed E-state index contributed by atoms with van der Waals surface area (Å²) in [5.41, 5.74) is -0.217. The van der Waals surface area contributed by atoms with Crippen molar-refractivity contribution in [2.45, 2.75) is 19.4 Å². The van der Waals surface area contributed by atoms with E-state index in [1.165, 1.54) is 19.9 Å². The average Bonchev–Trinajstić information content (AvgIpc) is 2.48. The molecule has 1 aliphatic rings. The second-order valence-corrected chi connectivity index (χ2v) is 5.88. The van der Waals surface area contributed by atoms with Crippen molar-refractivity contribution in [3.63, 3.8) is 0 Å². The molecule has 0 unspecified atom stereocenters. The van der Waals surface area contributed by atoms with E-state index in [1.54, 1.807) is 30.3 Å². The molecule has 2 aromatic carbocycles. The molecule has 0 radical (unpaired) electrons. The van der Waals surface area contributed by atoms with Crippen LogP contribution in [0.15, 0.2) is 36.4 Å². The summed E-state index contributed by atoms with van der Waals surface area (Å²) < 4.78 is 0. The van der Waals surface area contributed by atoms with Crippen molar-refractivity contribution in [1.29, 1.82) is 0 Å². The Morgan fingerprint density at radius 3 is 2.41 bits per heavy atom. The molecule has 1 aliphatic carbocycles. The third-order valence-electron chi connectivity index (χ3n) is 3.74. The summed E-state index contributed by atoms with van der Waals surface area (Å²) in [6.45, 7) is 2.83. The standard InChI is InChI=1S/C18H14O4/c1-18(2,22)17(21)12-6-4-10-3-5-11-7-8-14(19)16(20)15(11)13(10)9-12/h3-9,22H,1-2H3. The van der Waals surface area contributed by atoms with E-state index in [-0.39, 0.29) is 0 Å². The Hall–Kier alpha value is -2.59. The minimum atomic E-state index is -1.50. The van der Waals surface area contributed by atoms with E-state index >= 15 is 0 Å². The van der Waals surface area contributed by atoms with Crippen LogP contribution in [-0.2, 0) is 4.79 Å². The van der Waals surface area contributed by atoms with Gasteiger partial charge in [-0.05, 0) is 42.3 Å². The summed E-state index contributed by atoms with van der Waals surface area (Å²) in [5.74, 6) is -1.58. The molecular weight excluding hydrogens is 280 g/mol. The molecule has 4 nitrogen and oxygen atoms in total. The predicted molar refractivity (Wildman–Crippen MR) is 82.9 cm³/mol. The van der Waals surface area contributed by atoms with Crippen molar-refractivity contribution in [3.8, 4) is 0 Å². The number of allylic oxidation sites excluding steroid dienone is 1. The van der Waals surface area contributed by atoms with Gasteiger partial charge in [-0.3, -0.25) is 14.4 Å².